The molecule has 0 aliphatic heterocycles. The van der Waals surface area contributed by atoms with E-state index in [0.717, 1.165) is 5.56 Å². The second-order valence-corrected chi connectivity index (χ2v) is 7.99. The van der Waals surface area contributed by atoms with E-state index in [9.17, 15) is 9.59 Å². The average Bonchev–Trinajstić information content (AvgIpc) is 2.96. The monoisotopic (exact) mass is 394 g/mol. The molecule has 1 N–H and O–H groups in total. The van der Waals surface area contributed by atoms with E-state index in [1.54, 1.807) is 12.3 Å². The van der Waals surface area contributed by atoms with Crippen LogP contribution in [0.25, 0.3) is 4.96 Å². The molecule has 0 aliphatic rings. The molecule has 130 valence electrons. The molecule has 2 heterocycles. The molecule has 3 rings (SSSR count). The molecule has 0 bridgehead atoms. The fourth-order valence-electron chi connectivity index (χ4n) is 2.03. The second kappa shape index (κ2) is 7.55. The number of anilines is 1. The van der Waals surface area contributed by atoms with E-state index in [1.165, 1.54) is 27.6 Å². The van der Waals surface area contributed by atoms with Crippen molar-refractivity contribution in [3.05, 3.63) is 56.3 Å². The van der Waals surface area contributed by atoms with Crippen LogP contribution in [0.2, 0.25) is 5.02 Å². The van der Waals surface area contributed by atoms with Gasteiger partial charge in [0.2, 0.25) is 10.9 Å². The number of rotatable bonds is 5. The van der Waals surface area contributed by atoms with Crippen molar-refractivity contribution >= 4 is 51.4 Å². The molecular weight excluding hydrogens is 380 g/mol. The van der Waals surface area contributed by atoms with Gasteiger partial charge in [-0.2, -0.15) is 14.6 Å². The maximum absolute atomic E-state index is 12.4. The summed E-state index contributed by atoms with van der Waals surface area (Å²) in [4.78, 5) is 28.3. The maximum atomic E-state index is 12.4. The van der Waals surface area contributed by atoms with Gasteiger partial charge in [-0.3, -0.25) is 9.59 Å². The molecule has 9 heteroatoms. The fourth-order valence-corrected chi connectivity index (χ4v) is 3.75. The topological polar surface area (TPSA) is 76.4 Å². The number of fused-ring (bicyclic) bond motifs is 1. The lowest BCUT2D eigenvalue weighted by atomic mass is 10.2. The van der Waals surface area contributed by atoms with Crippen molar-refractivity contribution in [3.8, 4) is 0 Å². The van der Waals surface area contributed by atoms with Gasteiger partial charge >= 0.3 is 0 Å². The number of benzene rings is 1. The smallest absolute Gasteiger partial charge is 0.295 e. The molecule has 1 unspecified atom stereocenters. The van der Waals surface area contributed by atoms with E-state index in [4.69, 9.17) is 11.6 Å². The first-order chi connectivity index (χ1) is 11.9. The van der Waals surface area contributed by atoms with Crippen molar-refractivity contribution in [1.82, 2.24) is 14.6 Å². The first-order valence-corrected chi connectivity index (χ1v) is 9.77. The first kappa shape index (κ1) is 17.9. The standard InChI is InChI=1S/C16H15ClN4O2S2/c1-9-14(22)19-16-21(20-9)13(8-25-16)18-15(23)10(2)24-7-11-3-5-12(17)6-4-11/h3-6,8,10H,7H2,1-2H3,(H,18,23). The van der Waals surface area contributed by atoms with Crippen LogP contribution in [0.15, 0.2) is 34.4 Å². The highest BCUT2D eigenvalue weighted by Crippen LogP contribution is 2.22. The third-order valence-corrected chi connectivity index (χ3v) is 5.76. The summed E-state index contributed by atoms with van der Waals surface area (Å²) >= 11 is 8.66. The summed E-state index contributed by atoms with van der Waals surface area (Å²) in [6.07, 6.45) is 0. The van der Waals surface area contributed by atoms with Crippen LogP contribution in [0.3, 0.4) is 0 Å². The molecule has 0 spiro atoms. The normalized spacial score (nSPS) is 12.3. The molecule has 1 amide bonds. The van der Waals surface area contributed by atoms with Crippen molar-refractivity contribution < 1.29 is 4.79 Å². The van der Waals surface area contributed by atoms with Gasteiger partial charge in [-0.25, -0.2) is 0 Å². The Balaban J connectivity index is 1.66. The molecule has 2 aromatic heterocycles. The zero-order valence-electron chi connectivity index (χ0n) is 13.5. The van der Waals surface area contributed by atoms with Crippen LogP contribution in [-0.4, -0.2) is 25.8 Å². The predicted octanol–water partition coefficient (Wildman–Crippen LogP) is 3.37. The Morgan fingerprint density at radius 1 is 1.40 bits per heavy atom. The van der Waals surface area contributed by atoms with Gasteiger partial charge in [0.05, 0.1) is 5.25 Å². The number of thiazole rings is 1. The van der Waals surface area contributed by atoms with E-state index >= 15 is 0 Å². The highest BCUT2D eigenvalue weighted by atomic mass is 35.5. The summed E-state index contributed by atoms with van der Waals surface area (Å²) in [5.74, 6) is 1.10. The highest BCUT2D eigenvalue weighted by molar-refractivity contribution is 7.99. The molecule has 1 aromatic carbocycles. The summed E-state index contributed by atoms with van der Waals surface area (Å²) in [5.41, 5.74) is 1.04. The average molecular weight is 395 g/mol. The number of carbonyl (C=O) groups excluding carboxylic acids is 1. The zero-order chi connectivity index (χ0) is 18.0. The van der Waals surface area contributed by atoms with Gasteiger partial charge < -0.3 is 5.32 Å². The fraction of sp³-hybridized carbons (Fsp3) is 0.250. The van der Waals surface area contributed by atoms with Crippen LogP contribution in [0.1, 0.15) is 18.2 Å². The Hall–Kier alpha value is -1.90. The third-order valence-electron chi connectivity index (χ3n) is 3.48. The molecule has 0 aliphatic carbocycles. The number of hydrogen-bond donors (Lipinski definition) is 1. The van der Waals surface area contributed by atoms with Crippen LogP contribution in [0, 0.1) is 6.92 Å². The molecule has 3 aromatic rings. The minimum Gasteiger partial charge on any atom is -0.309 e. The van der Waals surface area contributed by atoms with Gasteiger partial charge in [0, 0.05) is 16.2 Å². The van der Waals surface area contributed by atoms with Crippen LogP contribution in [0.5, 0.6) is 0 Å². The van der Waals surface area contributed by atoms with Gasteiger partial charge in [-0.05, 0) is 31.5 Å². The van der Waals surface area contributed by atoms with Crippen LogP contribution in [-0.2, 0) is 10.5 Å². The maximum Gasteiger partial charge on any atom is 0.295 e. The third kappa shape index (κ3) is 4.20. The number of amides is 1. The van der Waals surface area contributed by atoms with Gasteiger partial charge in [0.1, 0.15) is 11.5 Å². The lowest BCUT2D eigenvalue weighted by molar-refractivity contribution is -0.115. The van der Waals surface area contributed by atoms with E-state index < -0.39 is 0 Å². The van der Waals surface area contributed by atoms with Crippen molar-refractivity contribution in [2.75, 3.05) is 5.32 Å². The van der Waals surface area contributed by atoms with E-state index in [0.29, 0.717) is 21.6 Å². The summed E-state index contributed by atoms with van der Waals surface area (Å²) < 4.78 is 1.48. The zero-order valence-corrected chi connectivity index (χ0v) is 15.9. The number of thioether (sulfide) groups is 1. The van der Waals surface area contributed by atoms with E-state index in [-0.39, 0.29) is 22.4 Å². The van der Waals surface area contributed by atoms with Crippen molar-refractivity contribution in [3.63, 3.8) is 0 Å². The van der Waals surface area contributed by atoms with Crippen molar-refractivity contribution in [1.29, 1.82) is 0 Å². The Labute approximate surface area is 157 Å². The number of nitrogens with one attached hydrogen (secondary N) is 1. The van der Waals surface area contributed by atoms with Crippen LogP contribution < -0.4 is 10.9 Å². The number of aryl methyl sites for hydroxylation is 1. The molecule has 1 atom stereocenters. The summed E-state index contributed by atoms with van der Waals surface area (Å²) in [6.45, 7) is 3.44. The number of aromatic nitrogens is 3. The van der Waals surface area contributed by atoms with Crippen LogP contribution in [0.4, 0.5) is 5.82 Å². The van der Waals surface area contributed by atoms with Crippen molar-refractivity contribution in [2.45, 2.75) is 24.9 Å². The molecule has 0 saturated carbocycles. The number of nitrogens with zero attached hydrogens (tertiary/aromatic N) is 3. The van der Waals surface area contributed by atoms with E-state index in [2.05, 4.69) is 15.4 Å². The highest BCUT2D eigenvalue weighted by Gasteiger charge is 2.16. The molecule has 0 fully saturated rings. The minimum atomic E-state index is -0.355. The van der Waals surface area contributed by atoms with Gasteiger partial charge in [-0.1, -0.05) is 23.7 Å². The Morgan fingerprint density at radius 2 is 2.12 bits per heavy atom. The summed E-state index contributed by atoms with van der Waals surface area (Å²) in [6, 6.07) is 7.56. The van der Waals surface area contributed by atoms with Crippen molar-refractivity contribution in [2.24, 2.45) is 0 Å². The minimum absolute atomic E-state index is 0.128. The predicted molar refractivity (Wildman–Crippen MR) is 103 cm³/mol. The molecule has 25 heavy (non-hydrogen) atoms. The first-order valence-electron chi connectivity index (χ1n) is 7.46. The molecule has 0 radical (unpaired) electrons. The lowest BCUT2D eigenvalue weighted by Crippen LogP contribution is -2.24. The summed E-state index contributed by atoms with van der Waals surface area (Å²) in [7, 11) is 0. The number of halogens is 1. The summed E-state index contributed by atoms with van der Waals surface area (Å²) in [5, 5.41) is 9.18. The molecular formula is C16H15ClN4O2S2. The number of carbonyl (C=O) groups is 1. The van der Waals surface area contributed by atoms with Gasteiger partial charge in [0.15, 0.2) is 0 Å². The molecule has 0 saturated heterocycles. The second-order valence-electron chi connectivity index (χ2n) is 5.39. The SMILES string of the molecule is Cc1nn2c(NC(=O)C(C)SCc3ccc(Cl)cc3)csc2nc1=O. The lowest BCUT2D eigenvalue weighted by Gasteiger charge is -2.11. The number of hydrogen-bond acceptors (Lipinski definition) is 6. The Morgan fingerprint density at radius 3 is 2.84 bits per heavy atom. The van der Waals surface area contributed by atoms with Crippen LogP contribution >= 0.6 is 34.7 Å². The van der Waals surface area contributed by atoms with E-state index in [1.807, 2.05) is 31.2 Å². The molecule has 6 nitrogen and oxygen atoms in total. The van der Waals surface area contributed by atoms with Gasteiger partial charge in [-0.15, -0.1) is 23.1 Å². The van der Waals surface area contributed by atoms with Gasteiger partial charge in [0.25, 0.3) is 5.56 Å². The Bertz CT molecular complexity index is 968. The quantitative estimate of drug-likeness (QED) is 0.717. The largest absolute Gasteiger partial charge is 0.309 e. The Kier molecular flexibility index (Phi) is 5.41.